The summed E-state index contributed by atoms with van der Waals surface area (Å²) >= 11 is 0. The predicted molar refractivity (Wildman–Crippen MR) is 114 cm³/mol. The summed E-state index contributed by atoms with van der Waals surface area (Å²) in [5, 5.41) is 0. The van der Waals surface area contributed by atoms with Crippen LogP contribution >= 0.6 is 0 Å². The molecule has 2 heterocycles. The quantitative estimate of drug-likeness (QED) is 0.566. The Morgan fingerprint density at radius 2 is 1.97 bits per heavy atom. The maximum atomic E-state index is 12.2. The first-order valence-corrected chi connectivity index (χ1v) is 10.1. The highest BCUT2D eigenvalue weighted by Gasteiger charge is 2.27. The van der Waals surface area contributed by atoms with Gasteiger partial charge in [0.15, 0.2) is 0 Å². The highest BCUT2D eigenvalue weighted by molar-refractivity contribution is 6.15. The van der Waals surface area contributed by atoms with E-state index in [2.05, 4.69) is 49.2 Å². The van der Waals surface area contributed by atoms with Crippen molar-refractivity contribution in [3.05, 3.63) is 77.2 Å². The number of imidazole rings is 1. The number of carbonyl (C=O) groups is 1. The fourth-order valence-electron chi connectivity index (χ4n) is 3.67. The van der Waals surface area contributed by atoms with Gasteiger partial charge in [-0.3, -0.25) is 14.4 Å². The van der Waals surface area contributed by atoms with Crippen LogP contribution in [0.4, 0.5) is 0 Å². The molecule has 0 bridgehead atoms. The van der Waals surface area contributed by atoms with Crippen molar-refractivity contribution in [2.45, 2.75) is 46.1 Å². The Bertz CT molecular complexity index is 1070. The van der Waals surface area contributed by atoms with Gasteiger partial charge in [-0.2, -0.15) is 0 Å². The second-order valence-electron chi connectivity index (χ2n) is 7.42. The van der Waals surface area contributed by atoms with E-state index in [0.717, 1.165) is 46.6 Å². The second kappa shape index (κ2) is 8.03. The van der Waals surface area contributed by atoms with Crippen LogP contribution in [-0.4, -0.2) is 21.2 Å². The van der Waals surface area contributed by atoms with Gasteiger partial charge < -0.3 is 4.74 Å². The summed E-state index contributed by atoms with van der Waals surface area (Å²) in [6.45, 7) is 6.14. The average Bonchev–Trinajstić information content (AvgIpc) is 3.09. The Hall–Kier alpha value is -3.21. The molecule has 1 aromatic heterocycles. The fraction of sp³-hybridized carbons (Fsp3) is 0.292. The van der Waals surface area contributed by atoms with Crippen LogP contribution in [0.1, 0.15) is 61.5 Å². The number of benzene rings is 2. The summed E-state index contributed by atoms with van der Waals surface area (Å²) in [6.07, 6.45) is 3.88. The summed E-state index contributed by atoms with van der Waals surface area (Å²) in [5.74, 6) is 0.101. The van der Waals surface area contributed by atoms with Crippen molar-refractivity contribution in [3.8, 4) is 11.6 Å². The summed E-state index contributed by atoms with van der Waals surface area (Å²) in [4.78, 5) is 21.7. The van der Waals surface area contributed by atoms with Gasteiger partial charge in [-0.1, -0.05) is 55.3 Å². The minimum Gasteiger partial charge on any atom is -0.405 e. The first kappa shape index (κ1) is 19.1. The first-order chi connectivity index (χ1) is 14.1. The molecule has 5 heteroatoms. The number of aliphatic imine (C=N–C) groups is 1. The van der Waals surface area contributed by atoms with Gasteiger partial charge in [-0.25, -0.2) is 4.98 Å². The van der Waals surface area contributed by atoms with Crippen LogP contribution in [0.3, 0.4) is 0 Å². The monoisotopic (exact) mass is 387 g/mol. The molecule has 1 aliphatic rings. The Labute approximate surface area is 171 Å². The maximum Gasteiger partial charge on any atom is 0.312 e. The van der Waals surface area contributed by atoms with Crippen molar-refractivity contribution in [2.75, 3.05) is 0 Å². The number of esters is 1. The van der Waals surface area contributed by atoms with E-state index >= 15 is 0 Å². The number of aromatic nitrogens is 2. The molecule has 1 unspecified atom stereocenters. The lowest BCUT2D eigenvalue weighted by atomic mass is 9.99. The maximum absolute atomic E-state index is 12.2. The Balaban J connectivity index is 1.84. The molecular weight excluding hydrogens is 362 g/mol. The molecule has 0 radical (unpaired) electrons. The number of aryl methyl sites for hydroxylation is 1. The fourth-order valence-corrected chi connectivity index (χ4v) is 3.67. The van der Waals surface area contributed by atoms with Crippen molar-refractivity contribution in [1.82, 2.24) is 9.55 Å². The largest absolute Gasteiger partial charge is 0.405 e. The van der Waals surface area contributed by atoms with Gasteiger partial charge in [0.2, 0.25) is 5.88 Å². The number of fused-ring (bicyclic) bond motifs is 3. The molecule has 0 spiro atoms. The van der Waals surface area contributed by atoms with Crippen LogP contribution < -0.4 is 4.74 Å². The lowest BCUT2D eigenvalue weighted by Gasteiger charge is -2.12. The zero-order valence-corrected chi connectivity index (χ0v) is 17.1. The van der Waals surface area contributed by atoms with Gasteiger partial charge in [0, 0.05) is 17.5 Å². The van der Waals surface area contributed by atoms with E-state index in [-0.39, 0.29) is 12.0 Å². The average molecular weight is 387 g/mol. The Morgan fingerprint density at radius 1 is 1.17 bits per heavy atom. The number of rotatable bonds is 5. The molecule has 3 aromatic rings. The number of hydrogen-bond acceptors (Lipinski definition) is 4. The molecule has 0 amide bonds. The minimum absolute atomic E-state index is 0.214. The molecule has 0 saturated heterocycles. The van der Waals surface area contributed by atoms with Gasteiger partial charge >= 0.3 is 5.97 Å². The first-order valence-electron chi connectivity index (χ1n) is 10.1. The van der Waals surface area contributed by atoms with Gasteiger partial charge in [-0.05, 0) is 32.4 Å². The zero-order valence-electron chi connectivity index (χ0n) is 17.1. The third-order valence-electron chi connectivity index (χ3n) is 5.15. The molecule has 0 aliphatic carbocycles. The van der Waals surface area contributed by atoms with Crippen molar-refractivity contribution < 1.29 is 9.53 Å². The summed E-state index contributed by atoms with van der Waals surface area (Å²) in [6, 6.07) is 16.3. The van der Waals surface area contributed by atoms with Crippen LogP contribution in [0.15, 0.2) is 59.9 Å². The second-order valence-corrected chi connectivity index (χ2v) is 7.42. The molecule has 0 saturated carbocycles. The molecular formula is C24H25N3O2. The standard InChI is InChI=1S/C24H25N3O2/c1-4-5-11-21(28)29-24-23-17(3)26-22(18-9-7-6-8-10-18)19-14-16(2)12-13-20(19)27(23)15-25-24/h6-10,12-15,17H,4-5,11H2,1-3H3. The van der Waals surface area contributed by atoms with Crippen LogP contribution in [-0.2, 0) is 4.79 Å². The number of ether oxygens (including phenoxy) is 1. The summed E-state index contributed by atoms with van der Waals surface area (Å²) in [5.41, 5.74) is 5.99. The van der Waals surface area contributed by atoms with E-state index < -0.39 is 0 Å². The molecule has 29 heavy (non-hydrogen) atoms. The zero-order chi connectivity index (χ0) is 20.4. The third kappa shape index (κ3) is 3.73. The van der Waals surface area contributed by atoms with E-state index in [1.165, 1.54) is 0 Å². The van der Waals surface area contributed by atoms with Crippen molar-refractivity contribution in [1.29, 1.82) is 0 Å². The number of nitrogens with zero attached hydrogens (tertiary/aromatic N) is 3. The van der Waals surface area contributed by atoms with E-state index in [9.17, 15) is 4.79 Å². The predicted octanol–water partition coefficient (Wildman–Crippen LogP) is 5.19. The van der Waals surface area contributed by atoms with Crippen molar-refractivity contribution >= 4 is 11.7 Å². The molecule has 4 rings (SSSR count). The Kier molecular flexibility index (Phi) is 5.30. The normalized spacial score (nSPS) is 15.1. The lowest BCUT2D eigenvalue weighted by molar-refractivity contribution is -0.134. The van der Waals surface area contributed by atoms with E-state index in [1.807, 2.05) is 29.7 Å². The van der Waals surface area contributed by atoms with Crippen LogP contribution in [0.25, 0.3) is 5.69 Å². The molecule has 2 aromatic carbocycles. The molecule has 1 aliphatic heterocycles. The third-order valence-corrected chi connectivity index (χ3v) is 5.15. The Morgan fingerprint density at radius 3 is 2.72 bits per heavy atom. The van der Waals surface area contributed by atoms with Crippen LogP contribution in [0, 0.1) is 6.92 Å². The number of unbranched alkanes of at least 4 members (excludes halogenated alkanes) is 1. The summed E-state index contributed by atoms with van der Waals surface area (Å²) in [7, 11) is 0. The minimum atomic E-state index is -0.249. The smallest absolute Gasteiger partial charge is 0.312 e. The van der Waals surface area contributed by atoms with Crippen LogP contribution in [0.5, 0.6) is 5.88 Å². The van der Waals surface area contributed by atoms with Gasteiger partial charge in [-0.15, -0.1) is 0 Å². The highest BCUT2D eigenvalue weighted by Crippen LogP contribution is 2.35. The van der Waals surface area contributed by atoms with E-state index in [1.54, 1.807) is 6.33 Å². The van der Waals surface area contributed by atoms with Gasteiger partial charge in [0.05, 0.1) is 17.4 Å². The molecule has 1 atom stereocenters. The summed E-state index contributed by atoms with van der Waals surface area (Å²) < 4.78 is 7.62. The SMILES string of the molecule is CCCCC(=O)Oc1ncn2c1C(C)N=C(c1ccccc1)c1cc(C)ccc1-2. The van der Waals surface area contributed by atoms with Crippen molar-refractivity contribution in [2.24, 2.45) is 4.99 Å². The van der Waals surface area contributed by atoms with E-state index in [4.69, 9.17) is 9.73 Å². The van der Waals surface area contributed by atoms with E-state index in [0.29, 0.717) is 12.3 Å². The van der Waals surface area contributed by atoms with Gasteiger partial charge in [0.1, 0.15) is 12.0 Å². The molecule has 5 nitrogen and oxygen atoms in total. The number of carbonyl (C=O) groups excluding carboxylic acids is 1. The van der Waals surface area contributed by atoms with Crippen molar-refractivity contribution in [3.63, 3.8) is 0 Å². The number of hydrogen-bond donors (Lipinski definition) is 0. The van der Waals surface area contributed by atoms with Gasteiger partial charge in [0.25, 0.3) is 0 Å². The highest BCUT2D eigenvalue weighted by atomic mass is 16.5. The molecule has 0 N–H and O–H groups in total. The molecule has 148 valence electrons. The lowest BCUT2D eigenvalue weighted by Crippen LogP contribution is -2.10. The van der Waals surface area contributed by atoms with Crippen LogP contribution in [0.2, 0.25) is 0 Å². The topological polar surface area (TPSA) is 56.5 Å². The molecule has 0 fully saturated rings.